The van der Waals surface area contributed by atoms with Crippen LogP contribution in [0.5, 0.6) is 0 Å². The molecular weight excluding hydrogens is 314 g/mol. The van der Waals surface area contributed by atoms with E-state index in [0.29, 0.717) is 13.0 Å². The van der Waals surface area contributed by atoms with Gasteiger partial charge in [-0.2, -0.15) is 26.2 Å². The van der Waals surface area contributed by atoms with E-state index in [1.165, 1.54) is 0 Å². The number of nitrogens with zero attached hydrogens (tertiary/aromatic N) is 1. The van der Waals surface area contributed by atoms with E-state index in [2.05, 4.69) is 5.32 Å². The Morgan fingerprint density at radius 2 is 2.05 bits per heavy atom. The van der Waals surface area contributed by atoms with Crippen molar-refractivity contribution in [3.05, 3.63) is 0 Å². The molecule has 0 saturated carbocycles. The topological polar surface area (TPSA) is 61.4 Å². The van der Waals surface area contributed by atoms with E-state index >= 15 is 0 Å². The first kappa shape index (κ1) is 18.6. The average Bonchev–Trinajstić information content (AvgIpc) is 2.43. The van der Waals surface area contributed by atoms with Crippen molar-refractivity contribution < 1.29 is 26.0 Å². The largest absolute Gasteiger partial charge is 0.320 e. The van der Waals surface area contributed by atoms with Gasteiger partial charge in [-0.25, -0.2) is 8.78 Å². The summed E-state index contributed by atoms with van der Waals surface area (Å²) in [7, 11) is -4.17. The van der Waals surface area contributed by atoms with Gasteiger partial charge in [-0.3, -0.25) is 0 Å². The van der Waals surface area contributed by atoms with Gasteiger partial charge in [-0.15, -0.1) is 0 Å². The number of hydrogen-bond acceptors (Lipinski definition) is 3. The molecule has 21 heavy (non-hydrogen) atoms. The molecule has 0 aromatic heterocycles. The summed E-state index contributed by atoms with van der Waals surface area (Å²) >= 11 is 0. The van der Waals surface area contributed by atoms with Crippen LogP contribution in [0.3, 0.4) is 0 Å². The van der Waals surface area contributed by atoms with Gasteiger partial charge in [-0.05, 0) is 31.8 Å². The molecule has 1 unspecified atom stereocenters. The third kappa shape index (κ3) is 5.68. The first-order chi connectivity index (χ1) is 9.69. The molecule has 0 spiro atoms. The highest BCUT2D eigenvalue weighted by Gasteiger charge is 2.42. The number of alkyl halides is 4. The highest BCUT2D eigenvalue weighted by molar-refractivity contribution is 7.87. The molecule has 0 bridgehead atoms. The summed E-state index contributed by atoms with van der Waals surface area (Å²) in [6, 6.07) is 0. The van der Waals surface area contributed by atoms with Crippen LogP contribution in [0.15, 0.2) is 0 Å². The number of piperidine rings is 1. The number of halogens is 4. The number of hydrogen-bond donors (Lipinski definition) is 2. The molecule has 1 rings (SSSR count). The Morgan fingerprint density at radius 3 is 2.62 bits per heavy atom. The summed E-state index contributed by atoms with van der Waals surface area (Å²) in [5.41, 5.74) is 0. The lowest BCUT2D eigenvalue weighted by Gasteiger charge is -2.32. The summed E-state index contributed by atoms with van der Waals surface area (Å²) in [5.74, 6) is -4.28. The molecule has 1 aliphatic rings. The average molecular weight is 335 g/mol. The van der Waals surface area contributed by atoms with E-state index in [1.807, 2.05) is 6.92 Å². The Bertz CT molecular complexity index is 420. The summed E-state index contributed by atoms with van der Waals surface area (Å²) in [6.45, 7) is 2.12. The SMILES string of the molecule is CCNCC1CCCN(S(=O)(=O)NCC(F)(F)C(F)F)C1. The van der Waals surface area contributed by atoms with Crippen molar-refractivity contribution in [1.29, 1.82) is 0 Å². The first-order valence-corrected chi connectivity index (χ1v) is 8.24. The third-order valence-corrected chi connectivity index (χ3v) is 4.83. The van der Waals surface area contributed by atoms with Crippen LogP contribution in [0.2, 0.25) is 0 Å². The van der Waals surface area contributed by atoms with Crippen LogP contribution in [0, 0.1) is 5.92 Å². The first-order valence-electron chi connectivity index (χ1n) is 6.80. The number of nitrogens with one attached hydrogen (secondary N) is 2. The smallest absolute Gasteiger partial charge is 0.317 e. The molecule has 1 aliphatic heterocycles. The van der Waals surface area contributed by atoms with Gasteiger partial charge in [0.05, 0.1) is 6.54 Å². The van der Waals surface area contributed by atoms with Crippen LogP contribution in [-0.4, -0.2) is 57.8 Å². The quantitative estimate of drug-likeness (QED) is 0.652. The lowest BCUT2D eigenvalue weighted by molar-refractivity contribution is -0.122. The fraction of sp³-hybridized carbons (Fsp3) is 1.00. The summed E-state index contributed by atoms with van der Waals surface area (Å²) in [6.07, 6.45) is -2.45. The van der Waals surface area contributed by atoms with Gasteiger partial charge in [-0.1, -0.05) is 6.92 Å². The van der Waals surface area contributed by atoms with Crippen LogP contribution in [-0.2, 0) is 10.2 Å². The molecular formula is C11H21F4N3O2S. The Balaban J connectivity index is 2.57. The van der Waals surface area contributed by atoms with Crippen LogP contribution in [0.4, 0.5) is 17.6 Å². The third-order valence-electron chi connectivity index (χ3n) is 3.31. The minimum atomic E-state index is -4.37. The van der Waals surface area contributed by atoms with Gasteiger partial charge in [0.2, 0.25) is 0 Å². The summed E-state index contributed by atoms with van der Waals surface area (Å²) < 4.78 is 76.0. The zero-order chi connectivity index (χ0) is 16.1. The highest BCUT2D eigenvalue weighted by atomic mass is 32.2. The molecule has 5 nitrogen and oxygen atoms in total. The van der Waals surface area contributed by atoms with Crippen LogP contribution in [0.25, 0.3) is 0 Å². The predicted molar refractivity (Wildman–Crippen MR) is 70.7 cm³/mol. The minimum Gasteiger partial charge on any atom is -0.317 e. The van der Waals surface area contributed by atoms with E-state index in [9.17, 15) is 26.0 Å². The Kier molecular flexibility index (Phi) is 6.82. The molecule has 0 aromatic rings. The predicted octanol–water partition coefficient (Wildman–Crippen LogP) is 1.04. The van der Waals surface area contributed by atoms with Gasteiger partial charge in [0.15, 0.2) is 0 Å². The second-order valence-electron chi connectivity index (χ2n) is 5.06. The Hall–Kier alpha value is -0.450. The molecule has 0 aliphatic carbocycles. The molecule has 1 atom stereocenters. The van der Waals surface area contributed by atoms with Gasteiger partial charge in [0.25, 0.3) is 10.2 Å². The minimum absolute atomic E-state index is 0.0888. The van der Waals surface area contributed by atoms with Crippen molar-refractivity contribution in [3.63, 3.8) is 0 Å². The normalized spacial score (nSPS) is 21.9. The van der Waals surface area contributed by atoms with Crippen molar-refractivity contribution in [2.45, 2.75) is 32.1 Å². The van der Waals surface area contributed by atoms with Crippen LogP contribution in [0.1, 0.15) is 19.8 Å². The maximum Gasteiger partial charge on any atom is 0.320 e. The fourth-order valence-electron chi connectivity index (χ4n) is 2.12. The highest BCUT2D eigenvalue weighted by Crippen LogP contribution is 2.23. The van der Waals surface area contributed by atoms with Crippen molar-refractivity contribution in [3.8, 4) is 0 Å². The molecule has 1 saturated heterocycles. The lowest BCUT2D eigenvalue weighted by Crippen LogP contribution is -2.51. The van der Waals surface area contributed by atoms with E-state index in [4.69, 9.17) is 0 Å². The standard InChI is InChI=1S/C11H21F4N3O2S/c1-2-16-6-9-4-3-5-18(7-9)21(19,20)17-8-11(14,15)10(12)13/h9-10,16-17H,2-8H2,1H3. The van der Waals surface area contributed by atoms with Crippen LogP contribution >= 0.6 is 0 Å². The van der Waals surface area contributed by atoms with Gasteiger partial charge in [0.1, 0.15) is 0 Å². The molecule has 0 amide bonds. The van der Waals surface area contributed by atoms with Crippen molar-refractivity contribution in [2.24, 2.45) is 5.92 Å². The maximum atomic E-state index is 12.8. The molecule has 2 N–H and O–H groups in total. The lowest BCUT2D eigenvalue weighted by atomic mass is 10.00. The van der Waals surface area contributed by atoms with E-state index in [-0.39, 0.29) is 19.0 Å². The molecule has 10 heteroatoms. The van der Waals surface area contributed by atoms with E-state index < -0.39 is 29.1 Å². The second kappa shape index (κ2) is 7.70. The zero-order valence-corrected chi connectivity index (χ0v) is 12.6. The monoisotopic (exact) mass is 335 g/mol. The summed E-state index contributed by atoms with van der Waals surface area (Å²) in [4.78, 5) is 0. The molecule has 1 heterocycles. The van der Waals surface area contributed by atoms with Crippen molar-refractivity contribution in [2.75, 3.05) is 32.7 Å². The summed E-state index contributed by atoms with van der Waals surface area (Å²) in [5, 5.41) is 3.10. The fourth-order valence-corrected chi connectivity index (χ4v) is 3.45. The van der Waals surface area contributed by atoms with Crippen molar-refractivity contribution in [1.82, 2.24) is 14.3 Å². The maximum absolute atomic E-state index is 12.8. The van der Waals surface area contributed by atoms with Crippen LogP contribution < -0.4 is 10.0 Å². The Labute approximate surface area is 122 Å². The molecule has 0 radical (unpaired) electrons. The Morgan fingerprint density at radius 1 is 1.38 bits per heavy atom. The van der Waals surface area contributed by atoms with Gasteiger partial charge in [0, 0.05) is 13.1 Å². The van der Waals surface area contributed by atoms with E-state index in [1.54, 1.807) is 4.72 Å². The second-order valence-corrected chi connectivity index (χ2v) is 6.82. The van der Waals surface area contributed by atoms with Gasteiger partial charge >= 0.3 is 12.3 Å². The van der Waals surface area contributed by atoms with Crippen molar-refractivity contribution >= 4 is 10.2 Å². The molecule has 0 aromatic carbocycles. The molecule has 126 valence electrons. The molecule has 1 fully saturated rings. The number of rotatable bonds is 8. The van der Waals surface area contributed by atoms with E-state index in [0.717, 1.165) is 17.3 Å². The van der Waals surface area contributed by atoms with Gasteiger partial charge < -0.3 is 5.32 Å². The zero-order valence-electron chi connectivity index (χ0n) is 11.8.